The number of rotatable bonds is 2. The number of carbonyl (C=O) groups excluding carboxylic acids is 2. The fraction of sp³-hybridized carbons (Fsp3) is 0.857. The first-order valence-corrected chi connectivity index (χ1v) is 7.49. The van der Waals surface area contributed by atoms with Crippen LogP contribution in [0.25, 0.3) is 0 Å². The number of nitrogens with zero attached hydrogens (tertiary/aromatic N) is 2. The zero-order chi connectivity index (χ0) is 13.7. The van der Waals surface area contributed by atoms with Gasteiger partial charge in [-0.1, -0.05) is 6.92 Å². The molecule has 19 heavy (non-hydrogen) atoms. The summed E-state index contributed by atoms with van der Waals surface area (Å²) >= 11 is 0. The summed E-state index contributed by atoms with van der Waals surface area (Å²) in [6, 6.07) is 0. The molecule has 0 saturated carbocycles. The predicted octanol–water partition coefficient (Wildman–Crippen LogP) is 0.457. The summed E-state index contributed by atoms with van der Waals surface area (Å²) in [5.41, 5.74) is 0. The Morgan fingerprint density at radius 2 is 1.68 bits per heavy atom. The third kappa shape index (κ3) is 3.69. The van der Waals surface area contributed by atoms with Gasteiger partial charge in [-0.05, 0) is 32.4 Å². The van der Waals surface area contributed by atoms with E-state index in [1.165, 1.54) is 0 Å². The highest BCUT2D eigenvalue weighted by atomic mass is 16.2. The van der Waals surface area contributed by atoms with Crippen molar-refractivity contribution >= 4 is 11.8 Å². The molecule has 2 aliphatic heterocycles. The number of nitrogens with one attached hydrogen (secondary N) is 1. The number of hydrogen-bond donors (Lipinski definition) is 1. The van der Waals surface area contributed by atoms with Gasteiger partial charge in [0.2, 0.25) is 11.8 Å². The Labute approximate surface area is 115 Å². The van der Waals surface area contributed by atoms with Crippen molar-refractivity contribution in [3.8, 4) is 0 Å². The minimum atomic E-state index is 0.190. The Hall–Kier alpha value is -1.10. The Balaban J connectivity index is 1.87. The number of amides is 2. The molecule has 0 unspecified atom stereocenters. The van der Waals surface area contributed by atoms with Crippen LogP contribution >= 0.6 is 0 Å². The molecule has 5 nitrogen and oxygen atoms in total. The maximum Gasteiger partial charge on any atom is 0.225 e. The van der Waals surface area contributed by atoms with Gasteiger partial charge in [-0.2, -0.15) is 0 Å². The van der Waals surface area contributed by atoms with Crippen LogP contribution in [0.1, 0.15) is 32.6 Å². The molecule has 2 aliphatic rings. The third-order valence-electron chi connectivity index (χ3n) is 4.15. The van der Waals surface area contributed by atoms with Gasteiger partial charge in [0.15, 0.2) is 0 Å². The van der Waals surface area contributed by atoms with Gasteiger partial charge < -0.3 is 15.1 Å². The van der Waals surface area contributed by atoms with E-state index in [9.17, 15) is 9.59 Å². The van der Waals surface area contributed by atoms with E-state index in [4.69, 9.17) is 0 Å². The van der Waals surface area contributed by atoms with Crippen molar-refractivity contribution in [1.29, 1.82) is 0 Å². The van der Waals surface area contributed by atoms with E-state index in [1.807, 2.05) is 16.7 Å². The van der Waals surface area contributed by atoms with Gasteiger partial charge in [-0.25, -0.2) is 0 Å². The molecule has 5 heteroatoms. The number of piperidine rings is 1. The van der Waals surface area contributed by atoms with Crippen LogP contribution in [0.15, 0.2) is 0 Å². The molecule has 0 atom stereocenters. The second-order valence-electron chi connectivity index (χ2n) is 5.44. The maximum absolute atomic E-state index is 12.4. The summed E-state index contributed by atoms with van der Waals surface area (Å²) in [6.45, 7) is 6.79. The van der Waals surface area contributed by atoms with Crippen LogP contribution in [0, 0.1) is 5.92 Å². The standard InChI is InChI=1S/C14H25N3O2/c1-2-13(18)16-8-3-9-17(11-10-16)14(19)12-4-6-15-7-5-12/h12,15H,2-11H2,1H3. The molecule has 2 saturated heterocycles. The first-order chi connectivity index (χ1) is 9.22. The van der Waals surface area contributed by atoms with Crippen LogP contribution in [-0.2, 0) is 9.59 Å². The minimum Gasteiger partial charge on any atom is -0.341 e. The van der Waals surface area contributed by atoms with Gasteiger partial charge in [0, 0.05) is 38.5 Å². The highest BCUT2D eigenvalue weighted by Crippen LogP contribution is 2.16. The zero-order valence-corrected chi connectivity index (χ0v) is 11.9. The molecule has 0 aromatic heterocycles. The molecule has 2 heterocycles. The molecule has 0 spiro atoms. The first kappa shape index (κ1) is 14.3. The third-order valence-corrected chi connectivity index (χ3v) is 4.15. The van der Waals surface area contributed by atoms with Crippen LogP contribution in [0.4, 0.5) is 0 Å². The zero-order valence-electron chi connectivity index (χ0n) is 11.9. The molecule has 0 aromatic carbocycles. The van der Waals surface area contributed by atoms with Crippen molar-refractivity contribution in [3.05, 3.63) is 0 Å². The topological polar surface area (TPSA) is 52.7 Å². The Morgan fingerprint density at radius 1 is 1.05 bits per heavy atom. The smallest absolute Gasteiger partial charge is 0.225 e. The van der Waals surface area contributed by atoms with Crippen molar-refractivity contribution in [2.75, 3.05) is 39.3 Å². The van der Waals surface area contributed by atoms with Crippen molar-refractivity contribution in [2.45, 2.75) is 32.6 Å². The lowest BCUT2D eigenvalue weighted by Crippen LogP contribution is -2.43. The highest BCUT2D eigenvalue weighted by molar-refractivity contribution is 5.79. The van der Waals surface area contributed by atoms with E-state index in [0.717, 1.165) is 45.4 Å². The van der Waals surface area contributed by atoms with E-state index >= 15 is 0 Å². The molecule has 1 N–H and O–H groups in total. The molecule has 2 fully saturated rings. The van der Waals surface area contributed by atoms with Crippen LogP contribution in [-0.4, -0.2) is 60.9 Å². The fourth-order valence-electron chi connectivity index (χ4n) is 2.94. The van der Waals surface area contributed by atoms with Gasteiger partial charge in [0.25, 0.3) is 0 Å². The largest absolute Gasteiger partial charge is 0.341 e. The van der Waals surface area contributed by atoms with Crippen LogP contribution < -0.4 is 5.32 Å². The first-order valence-electron chi connectivity index (χ1n) is 7.49. The highest BCUT2D eigenvalue weighted by Gasteiger charge is 2.27. The monoisotopic (exact) mass is 267 g/mol. The second kappa shape index (κ2) is 6.89. The summed E-state index contributed by atoms with van der Waals surface area (Å²) in [5.74, 6) is 0.693. The normalized spacial score (nSPS) is 22.2. The summed E-state index contributed by atoms with van der Waals surface area (Å²) in [7, 11) is 0. The summed E-state index contributed by atoms with van der Waals surface area (Å²) in [5, 5.41) is 3.29. The lowest BCUT2D eigenvalue weighted by molar-refractivity contribution is -0.137. The molecule has 0 aromatic rings. The molecule has 2 amide bonds. The summed E-state index contributed by atoms with van der Waals surface area (Å²) < 4.78 is 0. The van der Waals surface area contributed by atoms with Gasteiger partial charge in [-0.3, -0.25) is 9.59 Å². The summed E-state index contributed by atoms with van der Waals surface area (Å²) in [6.07, 6.45) is 3.37. The quantitative estimate of drug-likeness (QED) is 0.790. The minimum absolute atomic E-state index is 0.190. The molecule has 2 rings (SSSR count). The predicted molar refractivity (Wildman–Crippen MR) is 73.7 cm³/mol. The Morgan fingerprint density at radius 3 is 2.37 bits per heavy atom. The summed E-state index contributed by atoms with van der Waals surface area (Å²) in [4.78, 5) is 28.0. The van der Waals surface area contributed by atoms with E-state index in [2.05, 4.69) is 5.32 Å². The lowest BCUT2D eigenvalue weighted by Gasteiger charge is -2.28. The molecule has 108 valence electrons. The Bertz CT molecular complexity index is 327. The average Bonchev–Trinajstić information content (AvgIpc) is 2.72. The molecular weight excluding hydrogens is 242 g/mol. The second-order valence-corrected chi connectivity index (χ2v) is 5.44. The fourth-order valence-corrected chi connectivity index (χ4v) is 2.94. The van der Waals surface area contributed by atoms with E-state index in [-0.39, 0.29) is 11.8 Å². The SMILES string of the molecule is CCC(=O)N1CCCN(C(=O)C2CCNCC2)CC1. The van der Waals surface area contributed by atoms with Crippen molar-refractivity contribution in [3.63, 3.8) is 0 Å². The van der Waals surface area contributed by atoms with Gasteiger partial charge in [-0.15, -0.1) is 0 Å². The number of hydrogen-bond acceptors (Lipinski definition) is 3. The van der Waals surface area contributed by atoms with Gasteiger partial charge in [0.1, 0.15) is 0 Å². The average molecular weight is 267 g/mol. The Kier molecular flexibility index (Phi) is 5.19. The van der Waals surface area contributed by atoms with Crippen molar-refractivity contribution in [1.82, 2.24) is 15.1 Å². The molecular formula is C14H25N3O2. The maximum atomic E-state index is 12.4. The van der Waals surface area contributed by atoms with Crippen LogP contribution in [0.5, 0.6) is 0 Å². The van der Waals surface area contributed by atoms with Crippen LogP contribution in [0.2, 0.25) is 0 Å². The van der Waals surface area contributed by atoms with E-state index in [1.54, 1.807) is 0 Å². The van der Waals surface area contributed by atoms with Crippen LogP contribution in [0.3, 0.4) is 0 Å². The van der Waals surface area contributed by atoms with Crippen molar-refractivity contribution < 1.29 is 9.59 Å². The number of carbonyl (C=O) groups is 2. The van der Waals surface area contributed by atoms with Gasteiger partial charge >= 0.3 is 0 Å². The molecule has 0 aliphatic carbocycles. The molecule has 0 bridgehead atoms. The van der Waals surface area contributed by atoms with Gasteiger partial charge in [0.05, 0.1) is 0 Å². The lowest BCUT2D eigenvalue weighted by atomic mass is 9.96. The van der Waals surface area contributed by atoms with E-state index in [0.29, 0.717) is 25.4 Å². The van der Waals surface area contributed by atoms with Crippen molar-refractivity contribution in [2.24, 2.45) is 5.92 Å². The van der Waals surface area contributed by atoms with E-state index < -0.39 is 0 Å². The molecule has 0 radical (unpaired) electrons.